The van der Waals surface area contributed by atoms with E-state index in [0.29, 0.717) is 29.7 Å². The molecule has 5 nitrogen and oxygen atoms in total. The Morgan fingerprint density at radius 2 is 1.96 bits per heavy atom. The van der Waals surface area contributed by atoms with Gasteiger partial charge in [-0.2, -0.15) is 0 Å². The van der Waals surface area contributed by atoms with Crippen LogP contribution in [0.5, 0.6) is 11.5 Å². The molecule has 0 amide bonds. The lowest BCUT2D eigenvalue weighted by Gasteiger charge is -2.35. The van der Waals surface area contributed by atoms with Crippen molar-refractivity contribution in [3.05, 3.63) is 47.0 Å². The number of aliphatic hydroxyl groups excluding tert-OH is 1. The number of carbonyl (C=O) groups is 1. The molecule has 1 heterocycles. The van der Waals surface area contributed by atoms with Crippen LogP contribution in [-0.2, 0) is 12.0 Å². The predicted octanol–water partition coefficient (Wildman–Crippen LogP) is 4.09. The lowest BCUT2D eigenvalue weighted by atomic mass is 9.84. The summed E-state index contributed by atoms with van der Waals surface area (Å²) in [5.74, 6) is -0.485. The van der Waals surface area contributed by atoms with Gasteiger partial charge in [0.05, 0.1) is 17.2 Å². The van der Waals surface area contributed by atoms with E-state index in [0.717, 1.165) is 17.5 Å². The van der Waals surface area contributed by atoms with E-state index < -0.39 is 17.7 Å². The van der Waals surface area contributed by atoms with Gasteiger partial charge >= 0.3 is 5.97 Å². The topological polar surface area (TPSA) is 87.0 Å². The van der Waals surface area contributed by atoms with Crippen LogP contribution in [0.4, 0.5) is 0 Å². The van der Waals surface area contributed by atoms with Crippen LogP contribution in [0.3, 0.4) is 0 Å². The van der Waals surface area contributed by atoms with Crippen LogP contribution >= 0.6 is 0 Å². The minimum atomic E-state index is -1.02. The number of benzene rings is 2. The highest BCUT2D eigenvalue weighted by atomic mass is 16.5. The summed E-state index contributed by atoms with van der Waals surface area (Å²) in [6, 6.07) is 8.30. The number of ether oxygens (including phenoxy) is 1. The summed E-state index contributed by atoms with van der Waals surface area (Å²) in [6.07, 6.45) is 1.53. The van der Waals surface area contributed by atoms with Gasteiger partial charge in [-0.3, -0.25) is 0 Å². The van der Waals surface area contributed by atoms with Gasteiger partial charge in [0.25, 0.3) is 0 Å². The third-order valence-corrected chi connectivity index (χ3v) is 4.78. The van der Waals surface area contributed by atoms with Crippen molar-refractivity contribution in [3.63, 3.8) is 0 Å². The van der Waals surface area contributed by atoms with Crippen LogP contribution in [0.1, 0.15) is 55.1 Å². The Balaban J connectivity index is 2.12. The molecule has 1 aliphatic heterocycles. The Kier molecular flexibility index (Phi) is 4.67. The molecule has 1 aliphatic rings. The summed E-state index contributed by atoms with van der Waals surface area (Å²) >= 11 is 0. The van der Waals surface area contributed by atoms with Gasteiger partial charge in [0, 0.05) is 5.56 Å². The van der Waals surface area contributed by atoms with Crippen LogP contribution in [0.25, 0.3) is 11.1 Å². The summed E-state index contributed by atoms with van der Waals surface area (Å²) in [4.78, 5) is 11.4. The van der Waals surface area contributed by atoms with Gasteiger partial charge in [0.1, 0.15) is 17.1 Å². The molecule has 0 fully saturated rings. The SMILES string of the molecule is CCCC(O)Cc1cc(O)c2c(c1)OC(C)(C)c1ccc(C(=O)O)cc1-2. The molecule has 0 radical (unpaired) electrons. The third kappa shape index (κ3) is 3.27. The first-order valence-electron chi connectivity index (χ1n) is 8.84. The van der Waals surface area contributed by atoms with E-state index in [1.165, 1.54) is 0 Å². The molecular formula is C21H24O5. The molecule has 26 heavy (non-hydrogen) atoms. The van der Waals surface area contributed by atoms with E-state index >= 15 is 0 Å². The number of aromatic hydroxyl groups is 1. The van der Waals surface area contributed by atoms with Crippen molar-refractivity contribution < 1.29 is 24.9 Å². The standard InChI is InChI=1S/C21H24O5/c1-4-5-14(22)8-12-9-17(23)19-15-11-13(20(24)25)6-7-16(15)21(2,3)26-18(19)10-12/h6-7,9-11,14,22-23H,4-5,8H2,1-3H3,(H,24,25). The van der Waals surface area contributed by atoms with Crippen LogP contribution in [0.2, 0.25) is 0 Å². The zero-order valence-electron chi connectivity index (χ0n) is 15.2. The highest BCUT2D eigenvalue weighted by Crippen LogP contribution is 2.49. The maximum Gasteiger partial charge on any atom is 0.335 e. The van der Waals surface area contributed by atoms with E-state index in [1.807, 2.05) is 26.8 Å². The molecule has 0 saturated carbocycles. The van der Waals surface area contributed by atoms with Gasteiger partial charge in [-0.05, 0) is 62.1 Å². The van der Waals surface area contributed by atoms with Crippen LogP contribution in [-0.4, -0.2) is 27.4 Å². The normalized spacial score (nSPS) is 15.5. The molecule has 0 aliphatic carbocycles. The summed E-state index contributed by atoms with van der Waals surface area (Å²) in [7, 11) is 0. The largest absolute Gasteiger partial charge is 0.507 e. The number of carboxylic acid groups (broad SMARTS) is 1. The molecule has 2 aromatic carbocycles. The lowest BCUT2D eigenvalue weighted by Crippen LogP contribution is -2.29. The lowest BCUT2D eigenvalue weighted by molar-refractivity contribution is 0.0695. The molecule has 1 unspecified atom stereocenters. The van der Waals surface area contributed by atoms with Crippen molar-refractivity contribution in [2.75, 3.05) is 0 Å². The molecule has 5 heteroatoms. The fraction of sp³-hybridized carbons (Fsp3) is 0.381. The molecule has 0 aromatic heterocycles. The molecule has 3 N–H and O–H groups in total. The van der Waals surface area contributed by atoms with Gasteiger partial charge in [-0.1, -0.05) is 19.4 Å². The number of aliphatic hydroxyl groups is 1. The highest BCUT2D eigenvalue weighted by Gasteiger charge is 2.35. The molecule has 1 atom stereocenters. The van der Waals surface area contributed by atoms with E-state index in [2.05, 4.69) is 0 Å². The van der Waals surface area contributed by atoms with E-state index in [-0.39, 0.29) is 11.3 Å². The number of phenolic OH excluding ortho intramolecular Hbond substituents is 1. The minimum Gasteiger partial charge on any atom is -0.507 e. The molecule has 0 bridgehead atoms. The van der Waals surface area contributed by atoms with Crippen molar-refractivity contribution in [2.24, 2.45) is 0 Å². The Morgan fingerprint density at radius 1 is 1.23 bits per heavy atom. The first-order chi connectivity index (χ1) is 12.2. The van der Waals surface area contributed by atoms with Crippen LogP contribution in [0, 0.1) is 0 Å². The monoisotopic (exact) mass is 356 g/mol. The average Bonchev–Trinajstić information content (AvgIpc) is 2.53. The van der Waals surface area contributed by atoms with Gasteiger partial charge in [-0.15, -0.1) is 0 Å². The molecule has 2 aromatic rings. The number of fused-ring (bicyclic) bond motifs is 3. The number of hydrogen-bond acceptors (Lipinski definition) is 4. The zero-order valence-corrected chi connectivity index (χ0v) is 15.2. The van der Waals surface area contributed by atoms with Crippen molar-refractivity contribution in [1.29, 1.82) is 0 Å². The van der Waals surface area contributed by atoms with Gasteiger partial charge in [0.15, 0.2) is 0 Å². The van der Waals surface area contributed by atoms with Crippen molar-refractivity contribution in [3.8, 4) is 22.6 Å². The second kappa shape index (κ2) is 6.65. The summed E-state index contributed by atoms with van der Waals surface area (Å²) < 4.78 is 6.12. The zero-order chi connectivity index (χ0) is 19.1. The first kappa shape index (κ1) is 18.3. The number of carboxylic acids is 1. The second-order valence-corrected chi connectivity index (χ2v) is 7.31. The smallest absolute Gasteiger partial charge is 0.335 e. The fourth-order valence-corrected chi connectivity index (χ4v) is 3.57. The Hall–Kier alpha value is -2.53. The number of hydrogen-bond donors (Lipinski definition) is 3. The summed E-state index contributed by atoms with van der Waals surface area (Å²) in [5, 5.41) is 30.0. The average molecular weight is 356 g/mol. The van der Waals surface area contributed by atoms with Gasteiger partial charge in [0.2, 0.25) is 0 Å². The predicted molar refractivity (Wildman–Crippen MR) is 98.8 cm³/mol. The molecule has 0 saturated heterocycles. The Morgan fingerprint density at radius 3 is 2.62 bits per heavy atom. The Bertz CT molecular complexity index is 854. The van der Waals surface area contributed by atoms with E-state index in [1.54, 1.807) is 24.3 Å². The fourth-order valence-electron chi connectivity index (χ4n) is 3.57. The van der Waals surface area contributed by atoms with Gasteiger partial charge in [-0.25, -0.2) is 4.79 Å². The summed E-state index contributed by atoms with van der Waals surface area (Å²) in [6.45, 7) is 5.83. The highest BCUT2D eigenvalue weighted by molar-refractivity contribution is 5.92. The van der Waals surface area contributed by atoms with Crippen LogP contribution in [0.15, 0.2) is 30.3 Å². The van der Waals surface area contributed by atoms with Crippen molar-refractivity contribution in [1.82, 2.24) is 0 Å². The number of rotatable bonds is 5. The van der Waals surface area contributed by atoms with Crippen molar-refractivity contribution >= 4 is 5.97 Å². The second-order valence-electron chi connectivity index (χ2n) is 7.31. The minimum absolute atomic E-state index is 0.0282. The van der Waals surface area contributed by atoms with Crippen molar-refractivity contribution in [2.45, 2.75) is 51.7 Å². The first-order valence-corrected chi connectivity index (χ1v) is 8.84. The van der Waals surface area contributed by atoms with E-state index in [9.17, 15) is 20.1 Å². The molecule has 138 valence electrons. The molecular weight excluding hydrogens is 332 g/mol. The quantitative estimate of drug-likeness (QED) is 0.751. The number of aromatic carboxylic acids is 1. The maximum absolute atomic E-state index is 11.4. The number of phenols is 1. The molecule has 0 spiro atoms. The third-order valence-electron chi connectivity index (χ3n) is 4.78. The van der Waals surface area contributed by atoms with E-state index in [4.69, 9.17) is 4.74 Å². The van der Waals surface area contributed by atoms with Crippen LogP contribution < -0.4 is 4.74 Å². The van der Waals surface area contributed by atoms with Gasteiger partial charge < -0.3 is 20.1 Å². The Labute approximate surface area is 152 Å². The maximum atomic E-state index is 11.4. The summed E-state index contributed by atoms with van der Waals surface area (Å²) in [5.41, 5.74) is 2.27. The molecule has 3 rings (SSSR count).